The second-order valence-electron chi connectivity index (χ2n) is 6.82. The molecule has 144 valence electrons. The Hall–Kier alpha value is -3.18. The number of nitrogens with zero attached hydrogens (tertiary/aromatic N) is 2. The molecule has 0 spiro atoms. The summed E-state index contributed by atoms with van der Waals surface area (Å²) >= 11 is 3.47. The molecule has 3 amide bonds. The summed E-state index contributed by atoms with van der Waals surface area (Å²) in [6.45, 7) is 0.703. The minimum Gasteiger partial charge on any atom is -0.315 e. The molecular formula is C24H19BrN2O2. The Balaban J connectivity index is 1.73. The maximum Gasteiger partial charge on any atom is 0.332 e. The van der Waals surface area contributed by atoms with Crippen LogP contribution in [-0.4, -0.2) is 23.4 Å². The van der Waals surface area contributed by atoms with Crippen LogP contribution in [0.1, 0.15) is 11.1 Å². The van der Waals surface area contributed by atoms with Crippen LogP contribution < -0.4 is 4.90 Å². The average Bonchev–Trinajstić information content (AvgIpc) is 2.73. The van der Waals surface area contributed by atoms with Crippen LogP contribution in [0.2, 0.25) is 0 Å². The summed E-state index contributed by atoms with van der Waals surface area (Å²) in [5, 5.41) is 0. The van der Waals surface area contributed by atoms with Crippen molar-refractivity contribution in [1.29, 1.82) is 0 Å². The van der Waals surface area contributed by atoms with E-state index in [9.17, 15) is 9.59 Å². The number of urea groups is 1. The van der Waals surface area contributed by atoms with Crippen molar-refractivity contribution >= 4 is 39.6 Å². The van der Waals surface area contributed by atoms with Gasteiger partial charge in [0.2, 0.25) is 0 Å². The lowest BCUT2D eigenvalue weighted by Gasteiger charge is -2.35. The Kier molecular flexibility index (Phi) is 5.58. The van der Waals surface area contributed by atoms with Crippen LogP contribution in [0.4, 0.5) is 10.5 Å². The number of hydrogen-bond donors (Lipinski definition) is 0. The van der Waals surface area contributed by atoms with Gasteiger partial charge in [0.15, 0.2) is 0 Å². The highest BCUT2D eigenvalue weighted by molar-refractivity contribution is 9.10. The van der Waals surface area contributed by atoms with Gasteiger partial charge in [-0.05, 0) is 41.5 Å². The van der Waals surface area contributed by atoms with Crippen LogP contribution in [0.3, 0.4) is 0 Å². The molecule has 5 heteroatoms. The standard InChI is InChI=1S/C24H19BrN2O2/c25-21-11-7-10-19(15-21)14-20-17-26(16-18-8-3-1-4-9-18)24(29)27(23(20)28)22-12-5-2-6-13-22/h1-15H,16-17H2/b20-14+. The van der Waals surface area contributed by atoms with Crippen LogP contribution in [0, 0.1) is 0 Å². The first-order valence-electron chi connectivity index (χ1n) is 9.30. The lowest BCUT2D eigenvalue weighted by atomic mass is 10.1. The Labute approximate surface area is 178 Å². The van der Waals surface area contributed by atoms with E-state index in [4.69, 9.17) is 0 Å². The molecule has 29 heavy (non-hydrogen) atoms. The van der Waals surface area contributed by atoms with Gasteiger partial charge >= 0.3 is 6.03 Å². The number of anilines is 1. The molecule has 0 atom stereocenters. The van der Waals surface area contributed by atoms with E-state index >= 15 is 0 Å². The number of amides is 3. The second-order valence-corrected chi connectivity index (χ2v) is 7.74. The number of para-hydroxylation sites is 1. The molecule has 1 saturated heterocycles. The van der Waals surface area contributed by atoms with Gasteiger partial charge in [-0.1, -0.05) is 76.6 Å². The predicted molar refractivity (Wildman–Crippen MR) is 118 cm³/mol. The molecule has 1 fully saturated rings. The van der Waals surface area contributed by atoms with Crippen molar-refractivity contribution in [2.45, 2.75) is 6.54 Å². The third-order valence-electron chi connectivity index (χ3n) is 4.72. The summed E-state index contributed by atoms with van der Waals surface area (Å²) in [7, 11) is 0. The number of halogens is 1. The van der Waals surface area contributed by atoms with Crippen molar-refractivity contribution in [3.05, 3.63) is 106 Å². The number of carbonyl (C=O) groups excluding carboxylic acids is 2. The summed E-state index contributed by atoms with van der Waals surface area (Å²) in [5.74, 6) is -0.287. The minimum atomic E-state index is -0.309. The molecule has 4 nitrogen and oxygen atoms in total. The zero-order valence-electron chi connectivity index (χ0n) is 15.7. The van der Waals surface area contributed by atoms with E-state index < -0.39 is 0 Å². The Morgan fingerprint density at radius 1 is 0.862 bits per heavy atom. The Morgan fingerprint density at radius 2 is 1.55 bits per heavy atom. The summed E-state index contributed by atoms with van der Waals surface area (Å²) in [4.78, 5) is 29.4. The number of carbonyl (C=O) groups is 2. The van der Waals surface area contributed by atoms with Gasteiger partial charge < -0.3 is 4.90 Å². The third-order valence-corrected chi connectivity index (χ3v) is 5.21. The van der Waals surface area contributed by atoms with E-state index in [0.29, 0.717) is 17.8 Å². The van der Waals surface area contributed by atoms with Gasteiger partial charge in [-0.15, -0.1) is 0 Å². The highest BCUT2D eigenvalue weighted by Crippen LogP contribution is 2.26. The topological polar surface area (TPSA) is 40.6 Å². The first-order chi connectivity index (χ1) is 14.1. The van der Waals surface area contributed by atoms with Gasteiger partial charge in [0.1, 0.15) is 0 Å². The van der Waals surface area contributed by atoms with Gasteiger partial charge in [-0.25, -0.2) is 9.69 Å². The summed E-state index contributed by atoms with van der Waals surface area (Å²) < 4.78 is 0.937. The highest BCUT2D eigenvalue weighted by atomic mass is 79.9. The van der Waals surface area contributed by atoms with Crippen molar-refractivity contribution in [3.8, 4) is 0 Å². The fourth-order valence-corrected chi connectivity index (χ4v) is 3.77. The van der Waals surface area contributed by atoms with Crippen molar-refractivity contribution in [2.75, 3.05) is 11.4 Å². The summed E-state index contributed by atoms with van der Waals surface area (Å²) in [6.07, 6.45) is 1.85. The summed E-state index contributed by atoms with van der Waals surface area (Å²) in [6, 6.07) is 26.3. The molecule has 0 aliphatic carbocycles. The molecule has 0 radical (unpaired) electrons. The molecule has 3 aromatic carbocycles. The average molecular weight is 447 g/mol. The van der Waals surface area contributed by atoms with Crippen molar-refractivity contribution < 1.29 is 9.59 Å². The van der Waals surface area contributed by atoms with E-state index in [1.807, 2.05) is 78.9 Å². The SMILES string of the molecule is O=C1/C(=C/c2cccc(Br)c2)CN(Cc2ccccc2)C(=O)N1c1ccccc1. The quantitative estimate of drug-likeness (QED) is 0.496. The molecule has 0 N–H and O–H groups in total. The van der Waals surface area contributed by atoms with Crippen LogP contribution in [0.5, 0.6) is 0 Å². The molecule has 4 rings (SSSR count). The monoisotopic (exact) mass is 446 g/mol. The summed E-state index contributed by atoms with van der Waals surface area (Å²) in [5.41, 5.74) is 3.07. The van der Waals surface area contributed by atoms with Gasteiger partial charge in [-0.3, -0.25) is 4.79 Å². The van der Waals surface area contributed by atoms with E-state index in [0.717, 1.165) is 15.6 Å². The molecular weight excluding hydrogens is 428 g/mol. The van der Waals surface area contributed by atoms with Gasteiger partial charge in [0.25, 0.3) is 5.91 Å². The first-order valence-corrected chi connectivity index (χ1v) is 10.1. The van der Waals surface area contributed by atoms with E-state index in [2.05, 4.69) is 15.9 Å². The fraction of sp³-hybridized carbons (Fsp3) is 0.0833. The number of hydrogen-bond acceptors (Lipinski definition) is 2. The van der Waals surface area contributed by atoms with Crippen LogP contribution in [-0.2, 0) is 11.3 Å². The Morgan fingerprint density at radius 3 is 2.24 bits per heavy atom. The zero-order chi connectivity index (χ0) is 20.2. The zero-order valence-corrected chi connectivity index (χ0v) is 17.2. The highest BCUT2D eigenvalue weighted by Gasteiger charge is 2.36. The molecule has 1 aliphatic heterocycles. The predicted octanol–water partition coefficient (Wildman–Crippen LogP) is 5.50. The Bertz CT molecular complexity index is 1060. The smallest absolute Gasteiger partial charge is 0.315 e. The van der Waals surface area contributed by atoms with E-state index in [1.165, 1.54) is 4.90 Å². The van der Waals surface area contributed by atoms with Gasteiger partial charge in [-0.2, -0.15) is 0 Å². The molecule has 1 heterocycles. The lowest BCUT2D eigenvalue weighted by molar-refractivity contribution is -0.115. The number of imide groups is 1. The fourth-order valence-electron chi connectivity index (χ4n) is 3.35. The normalized spacial score (nSPS) is 15.8. The van der Waals surface area contributed by atoms with E-state index in [1.54, 1.807) is 17.0 Å². The lowest BCUT2D eigenvalue weighted by Crippen LogP contribution is -2.53. The van der Waals surface area contributed by atoms with Gasteiger partial charge in [0, 0.05) is 16.6 Å². The van der Waals surface area contributed by atoms with Crippen molar-refractivity contribution in [3.63, 3.8) is 0 Å². The van der Waals surface area contributed by atoms with Gasteiger partial charge in [0.05, 0.1) is 12.2 Å². The van der Waals surface area contributed by atoms with E-state index in [-0.39, 0.29) is 18.5 Å². The maximum absolute atomic E-state index is 13.2. The molecule has 0 bridgehead atoms. The molecule has 0 aromatic heterocycles. The second kappa shape index (κ2) is 8.45. The molecule has 0 saturated carbocycles. The maximum atomic E-state index is 13.2. The largest absolute Gasteiger partial charge is 0.332 e. The molecule has 3 aromatic rings. The van der Waals surface area contributed by atoms with Crippen LogP contribution >= 0.6 is 15.9 Å². The first kappa shape index (κ1) is 19.2. The number of rotatable bonds is 4. The van der Waals surface area contributed by atoms with Crippen LogP contribution in [0.15, 0.2) is 95.0 Å². The van der Waals surface area contributed by atoms with Crippen LogP contribution in [0.25, 0.3) is 6.08 Å². The van der Waals surface area contributed by atoms with Crippen molar-refractivity contribution in [1.82, 2.24) is 4.90 Å². The number of benzene rings is 3. The minimum absolute atomic E-state index is 0.266. The van der Waals surface area contributed by atoms with Crippen molar-refractivity contribution in [2.24, 2.45) is 0 Å². The molecule has 1 aliphatic rings. The third kappa shape index (κ3) is 4.30. The molecule has 0 unspecified atom stereocenters.